The molecule has 1 atom stereocenters. The van der Waals surface area contributed by atoms with Crippen LogP contribution in [0, 0.1) is 20.8 Å². The van der Waals surface area contributed by atoms with Crippen LogP contribution in [0.4, 0.5) is 4.79 Å². The summed E-state index contributed by atoms with van der Waals surface area (Å²) >= 11 is 0. The Hall–Kier alpha value is -4.84. The molecule has 0 saturated carbocycles. The zero-order valence-corrected chi connectivity index (χ0v) is 28.6. The van der Waals surface area contributed by atoms with Crippen LogP contribution in [0.25, 0.3) is 17.2 Å². The van der Waals surface area contributed by atoms with Crippen molar-refractivity contribution in [3.05, 3.63) is 88.0 Å². The standard InChI is InChI=1S/C36H42N4O7S/c1-21-22(2)33(23(3)25-16-17-36(4,5)47-32(21)25)48(44,45)40-34(37)38-18-10-11-24(19-31(41)42)39-35(43)46-20-30-28-14-8-6-12-26(28)27-13-7-9-15-29(27)30/h6-9,12-17,24,30H,10-11,18-20H2,1-5H3,(H,39,43)(H,41,42)(H3,37,38,40). The number of benzene rings is 3. The van der Waals surface area contributed by atoms with Gasteiger partial charge in [-0.2, -0.15) is 0 Å². The lowest BCUT2D eigenvalue weighted by Crippen LogP contribution is -2.38. The van der Waals surface area contributed by atoms with Gasteiger partial charge in [0.15, 0.2) is 0 Å². The zero-order chi connectivity index (χ0) is 34.8. The van der Waals surface area contributed by atoms with Gasteiger partial charge in [-0.3, -0.25) is 9.79 Å². The molecule has 3 aromatic carbocycles. The van der Waals surface area contributed by atoms with Crippen molar-refractivity contribution in [2.75, 3.05) is 13.2 Å². The molecule has 1 unspecified atom stereocenters. The number of ether oxygens (including phenoxy) is 2. The van der Waals surface area contributed by atoms with Gasteiger partial charge in [-0.15, -0.1) is 0 Å². The fourth-order valence-electron chi connectivity index (χ4n) is 6.43. The number of rotatable bonds is 11. The second kappa shape index (κ2) is 13.7. The summed E-state index contributed by atoms with van der Waals surface area (Å²) in [4.78, 5) is 28.6. The first-order chi connectivity index (χ1) is 22.7. The van der Waals surface area contributed by atoms with E-state index in [1.54, 1.807) is 13.8 Å². The first-order valence-electron chi connectivity index (χ1n) is 15.9. The van der Waals surface area contributed by atoms with Crippen molar-refractivity contribution < 1.29 is 32.6 Å². The van der Waals surface area contributed by atoms with Gasteiger partial charge in [0, 0.05) is 24.1 Å². The molecule has 11 nitrogen and oxygen atoms in total. The highest BCUT2D eigenvalue weighted by atomic mass is 32.2. The average molecular weight is 675 g/mol. The van der Waals surface area contributed by atoms with E-state index < -0.39 is 33.7 Å². The number of guanidine groups is 1. The summed E-state index contributed by atoms with van der Waals surface area (Å²) < 4.78 is 41.0. The Morgan fingerprint density at radius 2 is 1.65 bits per heavy atom. The third-order valence-corrected chi connectivity index (χ3v) is 10.5. The molecular formula is C36H42N4O7S. The highest BCUT2D eigenvalue weighted by Gasteiger charge is 2.32. The number of amides is 1. The Morgan fingerprint density at radius 3 is 2.27 bits per heavy atom. The van der Waals surface area contributed by atoms with E-state index in [1.165, 1.54) is 0 Å². The summed E-state index contributed by atoms with van der Waals surface area (Å²) in [6, 6.07) is 15.2. The molecule has 254 valence electrons. The topological polar surface area (TPSA) is 169 Å². The van der Waals surface area contributed by atoms with Gasteiger partial charge in [0.05, 0.1) is 11.3 Å². The van der Waals surface area contributed by atoms with Gasteiger partial charge in [-0.25, -0.2) is 17.9 Å². The van der Waals surface area contributed by atoms with Crippen molar-refractivity contribution in [3.63, 3.8) is 0 Å². The molecule has 1 aliphatic carbocycles. The number of carboxylic acids is 1. The van der Waals surface area contributed by atoms with E-state index in [-0.39, 0.29) is 42.8 Å². The maximum absolute atomic E-state index is 13.5. The van der Waals surface area contributed by atoms with Crippen LogP contribution in [0.3, 0.4) is 0 Å². The molecule has 0 aromatic heterocycles. The van der Waals surface area contributed by atoms with E-state index in [0.29, 0.717) is 28.9 Å². The number of nitrogens with zero attached hydrogens (tertiary/aromatic N) is 1. The van der Waals surface area contributed by atoms with E-state index in [2.05, 4.69) is 15.0 Å². The Balaban J connectivity index is 1.17. The fraction of sp³-hybridized carbons (Fsp3) is 0.361. The number of hydrogen-bond acceptors (Lipinski definition) is 7. The predicted octanol–water partition coefficient (Wildman–Crippen LogP) is 5.55. The molecule has 3 aromatic rings. The highest BCUT2D eigenvalue weighted by Crippen LogP contribution is 2.44. The SMILES string of the molecule is Cc1c(C)c(S(=O)(=O)NC(N)=NCCCC(CC(=O)O)NC(=O)OCC2c3ccccc3-c3ccccc32)c(C)c2c1OC(C)(C)C=C2. The van der Waals surface area contributed by atoms with Gasteiger partial charge in [-0.05, 0) is 92.5 Å². The van der Waals surface area contributed by atoms with Crippen molar-refractivity contribution in [2.45, 2.75) is 76.3 Å². The van der Waals surface area contributed by atoms with Crippen molar-refractivity contribution in [1.29, 1.82) is 0 Å². The number of fused-ring (bicyclic) bond motifs is 4. The Kier molecular flexibility index (Phi) is 9.86. The second-order valence-corrected chi connectivity index (χ2v) is 14.4. The number of carbonyl (C=O) groups excluding carboxylic acids is 1. The van der Waals surface area contributed by atoms with Gasteiger partial charge in [0.25, 0.3) is 10.0 Å². The number of carboxylic acid groups (broad SMARTS) is 1. The summed E-state index contributed by atoms with van der Waals surface area (Å²) in [5, 5.41) is 12.1. The monoisotopic (exact) mass is 674 g/mol. The largest absolute Gasteiger partial charge is 0.483 e. The van der Waals surface area contributed by atoms with Crippen molar-refractivity contribution in [1.82, 2.24) is 10.0 Å². The summed E-state index contributed by atoms with van der Waals surface area (Å²) in [6.45, 7) is 9.34. The maximum atomic E-state index is 13.5. The summed E-state index contributed by atoms with van der Waals surface area (Å²) in [5.74, 6) is -0.849. The molecule has 0 radical (unpaired) electrons. The van der Waals surface area contributed by atoms with Crippen LogP contribution in [0.1, 0.15) is 72.4 Å². The summed E-state index contributed by atoms with van der Waals surface area (Å²) in [7, 11) is -4.09. The van der Waals surface area contributed by atoms with E-state index in [9.17, 15) is 23.1 Å². The third-order valence-electron chi connectivity index (χ3n) is 8.84. The minimum atomic E-state index is -4.09. The number of aliphatic imine (C=N–C) groups is 1. The number of aliphatic carboxylic acids is 1. The van der Waals surface area contributed by atoms with Gasteiger partial charge in [0.2, 0.25) is 5.96 Å². The molecule has 1 heterocycles. The molecule has 1 amide bonds. The minimum Gasteiger partial charge on any atom is -0.483 e. The van der Waals surface area contributed by atoms with Crippen LogP contribution < -0.4 is 20.5 Å². The van der Waals surface area contributed by atoms with Crippen LogP contribution in [0.5, 0.6) is 5.75 Å². The minimum absolute atomic E-state index is 0.101. The molecule has 1 aliphatic heterocycles. The number of carbonyl (C=O) groups is 2. The quantitative estimate of drug-likeness (QED) is 0.117. The summed E-state index contributed by atoms with van der Waals surface area (Å²) in [5.41, 5.74) is 12.3. The highest BCUT2D eigenvalue weighted by molar-refractivity contribution is 7.90. The molecule has 0 saturated heterocycles. The van der Waals surface area contributed by atoms with Gasteiger partial charge >= 0.3 is 12.1 Å². The van der Waals surface area contributed by atoms with E-state index >= 15 is 0 Å². The number of hydrogen-bond donors (Lipinski definition) is 4. The van der Waals surface area contributed by atoms with Gasteiger partial charge < -0.3 is 25.6 Å². The third kappa shape index (κ3) is 7.33. The van der Waals surface area contributed by atoms with Crippen molar-refractivity contribution in [3.8, 4) is 16.9 Å². The molecule has 5 N–H and O–H groups in total. The van der Waals surface area contributed by atoms with Gasteiger partial charge in [-0.1, -0.05) is 54.6 Å². The van der Waals surface area contributed by atoms with E-state index in [0.717, 1.165) is 27.8 Å². The second-order valence-electron chi connectivity index (χ2n) is 12.8. The lowest BCUT2D eigenvalue weighted by atomic mass is 9.94. The molecular weight excluding hydrogens is 632 g/mol. The number of nitrogens with one attached hydrogen (secondary N) is 2. The number of nitrogens with two attached hydrogens (primary N) is 1. The van der Waals surface area contributed by atoms with Crippen LogP contribution in [0.2, 0.25) is 0 Å². The average Bonchev–Trinajstić information content (AvgIpc) is 3.33. The van der Waals surface area contributed by atoms with E-state index in [1.807, 2.05) is 81.5 Å². The summed E-state index contributed by atoms with van der Waals surface area (Å²) in [6.07, 6.45) is 3.32. The fourth-order valence-corrected chi connectivity index (χ4v) is 7.94. The smallest absolute Gasteiger partial charge is 0.407 e. The number of sulfonamides is 1. The van der Waals surface area contributed by atoms with Gasteiger partial charge in [0.1, 0.15) is 18.0 Å². The molecule has 0 bridgehead atoms. The van der Waals surface area contributed by atoms with Crippen LogP contribution in [0.15, 0.2) is 64.5 Å². The van der Waals surface area contributed by atoms with Crippen molar-refractivity contribution >= 4 is 34.1 Å². The molecule has 5 rings (SSSR count). The van der Waals surface area contributed by atoms with Crippen LogP contribution >= 0.6 is 0 Å². The lowest BCUT2D eigenvalue weighted by Gasteiger charge is -2.31. The first-order valence-corrected chi connectivity index (χ1v) is 17.3. The molecule has 48 heavy (non-hydrogen) atoms. The number of alkyl carbamates (subject to hydrolysis) is 1. The van der Waals surface area contributed by atoms with E-state index in [4.69, 9.17) is 15.2 Å². The van der Waals surface area contributed by atoms with Crippen molar-refractivity contribution in [2.24, 2.45) is 10.7 Å². The predicted molar refractivity (Wildman–Crippen MR) is 185 cm³/mol. The van der Waals surface area contributed by atoms with Crippen LogP contribution in [-0.2, 0) is 19.6 Å². The molecule has 0 spiro atoms. The van der Waals surface area contributed by atoms with Crippen LogP contribution in [-0.4, -0.2) is 56.3 Å². The first kappa shape index (κ1) is 34.5. The lowest BCUT2D eigenvalue weighted by molar-refractivity contribution is -0.137. The molecule has 2 aliphatic rings. The Morgan fingerprint density at radius 1 is 1.02 bits per heavy atom. The zero-order valence-electron chi connectivity index (χ0n) is 27.8. The Bertz CT molecular complexity index is 1870. The Labute approximate surface area is 281 Å². The molecule has 12 heteroatoms. The normalized spacial score (nSPS) is 15.5. The maximum Gasteiger partial charge on any atom is 0.407 e. The molecule has 0 fully saturated rings.